The van der Waals surface area contributed by atoms with Crippen molar-refractivity contribution < 1.29 is 13.2 Å². The van der Waals surface area contributed by atoms with Gasteiger partial charge in [0.25, 0.3) is 0 Å². The van der Waals surface area contributed by atoms with Crippen LogP contribution >= 0.6 is 0 Å². The molecule has 3 heteroatoms. The van der Waals surface area contributed by atoms with Crippen LogP contribution in [0.2, 0.25) is 0 Å². The number of hydrogen-bond donors (Lipinski definition) is 0. The fraction of sp³-hybridized carbons (Fsp3) is 0.600. The molecule has 2 aliphatic rings. The molecule has 0 amide bonds. The van der Waals surface area contributed by atoms with Gasteiger partial charge < -0.3 is 0 Å². The second-order valence-electron chi connectivity index (χ2n) is 8.57. The van der Waals surface area contributed by atoms with Crippen LogP contribution in [0.3, 0.4) is 0 Å². The van der Waals surface area contributed by atoms with Crippen molar-refractivity contribution in [1.82, 2.24) is 0 Å². The van der Waals surface area contributed by atoms with Gasteiger partial charge in [-0.2, -0.15) is 0 Å². The Hall–Kier alpha value is -1.51. The first-order chi connectivity index (χ1) is 13.5. The molecule has 0 nitrogen and oxygen atoms in total. The normalized spacial score (nSPS) is 28.0. The van der Waals surface area contributed by atoms with Crippen molar-refractivity contribution in [2.24, 2.45) is 5.92 Å². The summed E-state index contributed by atoms with van der Waals surface area (Å²) in [6.45, 7) is 2.24. The summed E-state index contributed by atoms with van der Waals surface area (Å²) >= 11 is 0. The predicted octanol–water partition coefficient (Wildman–Crippen LogP) is 8.60. The summed E-state index contributed by atoms with van der Waals surface area (Å²) in [5, 5.41) is 0. The van der Waals surface area contributed by atoms with Crippen molar-refractivity contribution in [2.45, 2.75) is 89.1 Å². The molecule has 0 aliphatic heterocycles. The summed E-state index contributed by atoms with van der Waals surface area (Å²) < 4.78 is 43.7. The second kappa shape index (κ2) is 9.80. The Morgan fingerprint density at radius 1 is 0.964 bits per heavy atom. The number of hydrogen-bond acceptors (Lipinski definition) is 0. The molecule has 1 aromatic rings. The average Bonchev–Trinajstić information content (AvgIpc) is 2.71. The first-order valence-electron chi connectivity index (χ1n) is 11.1. The summed E-state index contributed by atoms with van der Waals surface area (Å²) in [5.74, 6) is -0.507. The number of alkyl halides is 1. The number of unbranched alkanes of at least 4 members (excludes halogenated alkanes) is 4. The molecule has 0 saturated heterocycles. The van der Waals surface area contributed by atoms with Crippen LogP contribution in [0.25, 0.3) is 0 Å². The van der Waals surface area contributed by atoms with Gasteiger partial charge in [0.15, 0.2) is 0 Å². The fourth-order valence-corrected chi connectivity index (χ4v) is 4.87. The SMILES string of the molecule is CCCCCCCC1CCC(c2ccccc2C2(F)C=C(F)CC=C2F)CC1. The van der Waals surface area contributed by atoms with E-state index in [1.165, 1.54) is 38.5 Å². The molecule has 0 bridgehead atoms. The molecule has 1 aromatic carbocycles. The van der Waals surface area contributed by atoms with Gasteiger partial charge in [-0.15, -0.1) is 0 Å². The smallest absolute Gasteiger partial charge is 0.207 e. The molecule has 154 valence electrons. The standard InChI is InChI=1S/C25H33F3/c1-2-3-4-5-6-9-19-12-14-20(15-13-19)22-10-7-8-11-23(22)25(28)18-21(26)16-17-24(25)27/h7-8,10-11,17-20H,2-6,9,12-16H2,1H3. The molecular formula is C25H33F3. The molecular weight excluding hydrogens is 357 g/mol. The zero-order valence-electron chi connectivity index (χ0n) is 17.0. The highest BCUT2D eigenvalue weighted by molar-refractivity contribution is 5.45. The largest absolute Gasteiger partial charge is 0.226 e. The predicted molar refractivity (Wildman–Crippen MR) is 110 cm³/mol. The molecule has 2 aliphatic carbocycles. The molecule has 1 saturated carbocycles. The van der Waals surface area contributed by atoms with E-state index in [0.29, 0.717) is 0 Å². The summed E-state index contributed by atoms with van der Waals surface area (Å²) in [6, 6.07) is 7.12. The molecule has 28 heavy (non-hydrogen) atoms. The maximum absolute atomic E-state index is 15.5. The summed E-state index contributed by atoms with van der Waals surface area (Å²) in [7, 11) is 0. The monoisotopic (exact) mass is 390 g/mol. The zero-order chi connectivity index (χ0) is 20.0. The highest BCUT2D eigenvalue weighted by Crippen LogP contribution is 2.47. The summed E-state index contributed by atoms with van der Waals surface area (Å²) in [4.78, 5) is 0. The van der Waals surface area contributed by atoms with Crippen molar-refractivity contribution in [2.75, 3.05) is 0 Å². The lowest BCUT2D eigenvalue weighted by atomic mass is 9.73. The van der Waals surface area contributed by atoms with Crippen LogP contribution in [0, 0.1) is 5.92 Å². The van der Waals surface area contributed by atoms with Crippen molar-refractivity contribution >= 4 is 0 Å². The maximum atomic E-state index is 15.5. The van der Waals surface area contributed by atoms with E-state index in [9.17, 15) is 8.78 Å². The topological polar surface area (TPSA) is 0 Å². The highest BCUT2D eigenvalue weighted by atomic mass is 19.2. The van der Waals surface area contributed by atoms with Crippen molar-refractivity contribution in [3.05, 3.63) is 59.2 Å². The van der Waals surface area contributed by atoms with E-state index >= 15 is 4.39 Å². The minimum absolute atomic E-state index is 0.164. The average molecular weight is 391 g/mol. The molecule has 1 fully saturated rings. The number of rotatable bonds is 8. The van der Waals surface area contributed by atoms with Crippen LogP contribution in [0.5, 0.6) is 0 Å². The zero-order valence-corrected chi connectivity index (χ0v) is 17.0. The molecule has 0 N–H and O–H groups in total. The lowest BCUT2D eigenvalue weighted by molar-refractivity contribution is 0.223. The van der Waals surface area contributed by atoms with Crippen LogP contribution in [0.1, 0.15) is 94.6 Å². The quantitative estimate of drug-likeness (QED) is 0.390. The van der Waals surface area contributed by atoms with Crippen LogP contribution in [-0.4, -0.2) is 0 Å². The third-order valence-corrected chi connectivity index (χ3v) is 6.53. The fourth-order valence-electron chi connectivity index (χ4n) is 4.87. The second-order valence-corrected chi connectivity index (χ2v) is 8.57. The van der Waals surface area contributed by atoms with Gasteiger partial charge in [-0.3, -0.25) is 0 Å². The Morgan fingerprint density at radius 2 is 1.68 bits per heavy atom. The Balaban J connectivity index is 1.65. The minimum atomic E-state index is -2.46. The van der Waals surface area contributed by atoms with E-state index < -0.39 is 17.3 Å². The van der Waals surface area contributed by atoms with Gasteiger partial charge in [0.1, 0.15) is 11.7 Å². The van der Waals surface area contributed by atoms with Crippen molar-refractivity contribution in [3.63, 3.8) is 0 Å². The van der Waals surface area contributed by atoms with Crippen molar-refractivity contribution in [3.8, 4) is 0 Å². The molecule has 0 aromatic heterocycles. The van der Waals surface area contributed by atoms with Gasteiger partial charge in [0, 0.05) is 12.0 Å². The lowest BCUT2D eigenvalue weighted by Crippen LogP contribution is -2.25. The molecule has 3 rings (SSSR count). The minimum Gasteiger partial charge on any atom is -0.226 e. The van der Waals surface area contributed by atoms with Gasteiger partial charge in [-0.1, -0.05) is 69.7 Å². The van der Waals surface area contributed by atoms with E-state index in [-0.39, 0.29) is 17.9 Å². The van der Waals surface area contributed by atoms with Gasteiger partial charge in [0.05, 0.1) is 0 Å². The van der Waals surface area contributed by atoms with E-state index in [0.717, 1.165) is 49.3 Å². The maximum Gasteiger partial charge on any atom is 0.207 e. The number of halogens is 3. The van der Waals surface area contributed by atoms with Crippen molar-refractivity contribution in [1.29, 1.82) is 0 Å². The van der Waals surface area contributed by atoms with Gasteiger partial charge >= 0.3 is 0 Å². The number of allylic oxidation sites excluding steroid dienone is 4. The van der Waals surface area contributed by atoms with Gasteiger partial charge in [-0.05, 0) is 55.2 Å². The van der Waals surface area contributed by atoms with Crippen LogP contribution in [0.4, 0.5) is 13.2 Å². The Morgan fingerprint density at radius 3 is 2.43 bits per heavy atom. The van der Waals surface area contributed by atoms with E-state index in [1.54, 1.807) is 12.1 Å². The van der Waals surface area contributed by atoms with E-state index in [1.807, 2.05) is 12.1 Å². The Labute approximate surface area is 167 Å². The summed E-state index contributed by atoms with van der Waals surface area (Å²) in [5.41, 5.74) is -1.34. The van der Waals surface area contributed by atoms with E-state index in [4.69, 9.17) is 0 Å². The van der Waals surface area contributed by atoms with Crippen LogP contribution < -0.4 is 0 Å². The van der Waals surface area contributed by atoms with Gasteiger partial charge in [0.2, 0.25) is 5.67 Å². The first-order valence-corrected chi connectivity index (χ1v) is 11.1. The molecule has 0 spiro atoms. The first kappa shape index (κ1) is 21.2. The number of benzene rings is 1. The molecule has 0 heterocycles. The third kappa shape index (κ3) is 4.90. The molecule has 1 unspecified atom stereocenters. The molecule has 0 radical (unpaired) electrons. The lowest BCUT2D eigenvalue weighted by Gasteiger charge is -2.33. The van der Waals surface area contributed by atoms with Crippen LogP contribution in [0.15, 0.2) is 48.1 Å². The Kier molecular flexibility index (Phi) is 7.42. The van der Waals surface area contributed by atoms with Crippen LogP contribution in [-0.2, 0) is 5.67 Å². The highest BCUT2D eigenvalue weighted by Gasteiger charge is 2.41. The molecule has 1 atom stereocenters. The summed E-state index contributed by atoms with van der Waals surface area (Å²) in [6.07, 6.45) is 13.8. The van der Waals surface area contributed by atoms with Gasteiger partial charge in [-0.25, -0.2) is 13.2 Å². The third-order valence-electron chi connectivity index (χ3n) is 6.53. The Bertz CT molecular complexity index is 697. The van der Waals surface area contributed by atoms with E-state index in [2.05, 4.69) is 6.92 Å².